The summed E-state index contributed by atoms with van der Waals surface area (Å²) in [6.07, 6.45) is 5.58. The van der Waals surface area contributed by atoms with Gasteiger partial charge in [0.15, 0.2) is 0 Å². The molecule has 0 aromatic carbocycles. The van der Waals surface area contributed by atoms with Crippen molar-refractivity contribution in [1.29, 1.82) is 5.26 Å². The number of nitriles is 1. The van der Waals surface area contributed by atoms with E-state index in [-0.39, 0.29) is 0 Å². The van der Waals surface area contributed by atoms with Gasteiger partial charge in [0.05, 0.1) is 11.6 Å². The monoisotopic (exact) mass is 261 g/mol. The Morgan fingerprint density at radius 1 is 1.39 bits per heavy atom. The Morgan fingerprint density at radius 2 is 2.28 bits per heavy atom. The van der Waals surface area contributed by atoms with Gasteiger partial charge in [0.2, 0.25) is 0 Å². The fourth-order valence-corrected chi connectivity index (χ4v) is 3.72. The number of nitrogens with zero attached hydrogens (tertiary/aromatic N) is 2. The van der Waals surface area contributed by atoms with Crippen LogP contribution in [0.3, 0.4) is 0 Å². The first-order valence-electron chi connectivity index (χ1n) is 6.56. The molecule has 1 aromatic rings. The summed E-state index contributed by atoms with van der Waals surface area (Å²) in [5.41, 5.74) is 0.561. The minimum absolute atomic E-state index is 0.379. The highest BCUT2D eigenvalue weighted by molar-refractivity contribution is 6.29. The molecule has 3 nitrogen and oxygen atoms in total. The molecule has 94 valence electrons. The van der Waals surface area contributed by atoms with Gasteiger partial charge < -0.3 is 5.32 Å². The Balaban J connectivity index is 1.63. The molecule has 4 heteroatoms. The van der Waals surface area contributed by atoms with Gasteiger partial charge in [-0.1, -0.05) is 18.0 Å². The van der Waals surface area contributed by atoms with E-state index in [0.717, 1.165) is 30.1 Å². The Hall–Kier alpha value is -1.27. The standard InChI is InChI=1S/C14H16ClN3/c15-13-5-10(7-16)6-14(18-13)17-8-12-4-9-1-2-11(12)3-9/h5-6,9,11-12H,1-4,8H2,(H,17,18). The molecule has 3 atom stereocenters. The van der Waals surface area contributed by atoms with Gasteiger partial charge >= 0.3 is 0 Å². The van der Waals surface area contributed by atoms with Crippen LogP contribution in [0.2, 0.25) is 5.15 Å². The fraction of sp³-hybridized carbons (Fsp3) is 0.571. The smallest absolute Gasteiger partial charge is 0.132 e. The number of nitrogens with one attached hydrogen (secondary N) is 1. The number of rotatable bonds is 3. The van der Waals surface area contributed by atoms with Crippen LogP contribution in [-0.2, 0) is 0 Å². The topological polar surface area (TPSA) is 48.7 Å². The number of pyridine rings is 1. The van der Waals surface area contributed by atoms with Crippen LogP contribution in [0.4, 0.5) is 5.82 Å². The van der Waals surface area contributed by atoms with E-state index in [4.69, 9.17) is 16.9 Å². The van der Waals surface area contributed by atoms with E-state index >= 15 is 0 Å². The lowest BCUT2D eigenvalue weighted by atomic mass is 9.89. The van der Waals surface area contributed by atoms with Crippen molar-refractivity contribution in [2.75, 3.05) is 11.9 Å². The molecule has 0 radical (unpaired) electrons. The normalized spacial score (nSPS) is 29.2. The van der Waals surface area contributed by atoms with Gasteiger partial charge in [-0.2, -0.15) is 5.26 Å². The van der Waals surface area contributed by atoms with Crippen LogP contribution in [0.1, 0.15) is 31.2 Å². The molecule has 2 fully saturated rings. The predicted octanol–water partition coefficient (Wildman–Crippen LogP) is 3.45. The maximum absolute atomic E-state index is 8.89. The molecule has 18 heavy (non-hydrogen) atoms. The van der Waals surface area contributed by atoms with Gasteiger partial charge in [-0.25, -0.2) is 4.98 Å². The molecule has 3 unspecified atom stereocenters. The average molecular weight is 262 g/mol. The molecular formula is C14H16ClN3. The summed E-state index contributed by atoms with van der Waals surface area (Å²) < 4.78 is 0. The van der Waals surface area contributed by atoms with Crippen molar-refractivity contribution < 1.29 is 0 Å². The van der Waals surface area contributed by atoms with Crippen molar-refractivity contribution in [3.05, 3.63) is 22.8 Å². The third-order valence-electron chi connectivity index (χ3n) is 4.35. The second-order valence-corrected chi connectivity index (χ2v) is 5.88. The van der Waals surface area contributed by atoms with Crippen LogP contribution in [0.15, 0.2) is 12.1 Å². The quantitative estimate of drug-likeness (QED) is 0.848. The zero-order valence-electron chi connectivity index (χ0n) is 10.2. The highest BCUT2D eigenvalue weighted by atomic mass is 35.5. The van der Waals surface area contributed by atoms with Crippen LogP contribution in [-0.4, -0.2) is 11.5 Å². The number of halogens is 1. The zero-order chi connectivity index (χ0) is 12.5. The second kappa shape index (κ2) is 4.78. The lowest BCUT2D eigenvalue weighted by Crippen LogP contribution is -2.20. The minimum atomic E-state index is 0.379. The largest absolute Gasteiger partial charge is 0.370 e. The van der Waals surface area contributed by atoms with Crippen molar-refractivity contribution in [2.24, 2.45) is 17.8 Å². The van der Waals surface area contributed by atoms with E-state index in [2.05, 4.69) is 16.4 Å². The average Bonchev–Trinajstić information content (AvgIpc) is 2.97. The summed E-state index contributed by atoms with van der Waals surface area (Å²) in [4.78, 5) is 4.21. The van der Waals surface area contributed by atoms with E-state index in [1.54, 1.807) is 12.1 Å². The molecule has 0 aliphatic heterocycles. The summed E-state index contributed by atoms with van der Waals surface area (Å²) in [7, 11) is 0. The number of hydrogen-bond acceptors (Lipinski definition) is 3. The van der Waals surface area contributed by atoms with E-state index in [1.807, 2.05) is 0 Å². The first kappa shape index (κ1) is 11.8. The number of hydrogen-bond donors (Lipinski definition) is 1. The number of aromatic nitrogens is 1. The zero-order valence-corrected chi connectivity index (χ0v) is 11.0. The summed E-state index contributed by atoms with van der Waals surface area (Å²) in [5.74, 6) is 3.36. The molecule has 1 N–H and O–H groups in total. The van der Waals surface area contributed by atoms with Crippen molar-refractivity contribution in [3.63, 3.8) is 0 Å². The molecule has 2 bridgehead atoms. The predicted molar refractivity (Wildman–Crippen MR) is 71.4 cm³/mol. The van der Waals surface area contributed by atoms with E-state index < -0.39 is 0 Å². The molecule has 1 heterocycles. The van der Waals surface area contributed by atoms with Crippen LogP contribution in [0.5, 0.6) is 0 Å². The van der Waals surface area contributed by atoms with Gasteiger partial charge in [0.1, 0.15) is 11.0 Å². The summed E-state index contributed by atoms with van der Waals surface area (Å²) in [6.45, 7) is 0.958. The van der Waals surface area contributed by atoms with Crippen molar-refractivity contribution in [1.82, 2.24) is 4.98 Å². The molecular weight excluding hydrogens is 246 g/mol. The van der Waals surface area contributed by atoms with Crippen molar-refractivity contribution in [2.45, 2.75) is 25.7 Å². The minimum Gasteiger partial charge on any atom is -0.370 e. The van der Waals surface area contributed by atoms with Crippen molar-refractivity contribution in [3.8, 4) is 6.07 Å². The van der Waals surface area contributed by atoms with E-state index in [9.17, 15) is 0 Å². The summed E-state index contributed by atoms with van der Waals surface area (Å²) in [5, 5.41) is 12.6. The van der Waals surface area contributed by atoms with Gasteiger partial charge in [-0.05, 0) is 49.1 Å². The number of fused-ring (bicyclic) bond motifs is 2. The third-order valence-corrected chi connectivity index (χ3v) is 4.55. The third kappa shape index (κ3) is 2.30. The molecule has 1 aromatic heterocycles. The van der Waals surface area contributed by atoms with Crippen LogP contribution in [0.25, 0.3) is 0 Å². The van der Waals surface area contributed by atoms with Gasteiger partial charge in [-0.3, -0.25) is 0 Å². The first-order valence-corrected chi connectivity index (χ1v) is 6.94. The molecule has 0 spiro atoms. The molecule has 0 amide bonds. The maximum Gasteiger partial charge on any atom is 0.132 e. The summed E-state index contributed by atoms with van der Waals surface area (Å²) >= 11 is 5.88. The second-order valence-electron chi connectivity index (χ2n) is 5.49. The van der Waals surface area contributed by atoms with E-state index in [1.165, 1.54) is 25.7 Å². The van der Waals surface area contributed by atoms with Gasteiger partial charge in [0.25, 0.3) is 0 Å². The lowest BCUT2D eigenvalue weighted by Gasteiger charge is -2.22. The Kier molecular flexibility index (Phi) is 3.13. The fourth-order valence-electron chi connectivity index (χ4n) is 3.51. The van der Waals surface area contributed by atoms with Crippen LogP contribution >= 0.6 is 11.6 Å². The molecule has 2 aliphatic rings. The van der Waals surface area contributed by atoms with Crippen LogP contribution in [0, 0.1) is 29.1 Å². The maximum atomic E-state index is 8.89. The van der Waals surface area contributed by atoms with Crippen LogP contribution < -0.4 is 5.32 Å². The summed E-state index contributed by atoms with van der Waals surface area (Å²) in [6, 6.07) is 5.45. The van der Waals surface area contributed by atoms with Gasteiger partial charge in [-0.15, -0.1) is 0 Å². The highest BCUT2D eigenvalue weighted by Gasteiger charge is 2.39. The molecule has 2 aliphatic carbocycles. The SMILES string of the molecule is N#Cc1cc(Cl)nc(NCC2CC3CCC2C3)c1. The number of anilines is 1. The molecule has 2 saturated carbocycles. The van der Waals surface area contributed by atoms with E-state index in [0.29, 0.717) is 10.7 Å². The Morgan fingerprint density at radius 3 is 2.94 bits per heavy atom. The molecule has 0 saturated heterocycles. The molecule has 3 rings (SSSR count). The highest BCUT2D eigenvalue weighted by Crippen LogP contribution is 2.48. The lowest BCUT2D eigenvalue weighted by molar-refractivity contribution is 0.348. The Labute approximate surface area is 112 Å². The Bertz CT molecular complexity index is 494. The van der Waals surface area contributed by atoms with Crippen molar-refractivity contribution >= 4 is 17.4 Å². The first-order chi connectivity index (χ1) is 8.74. The van der Waals surface area contributed by atoms with Gasteiger partial charge in [0, 0.05) is 6.54 Å².